The monoisotopic (exact) mass is 256 g/mol. The Hall–Kier alpha value is -0.0800. The van der Waals surface area contributed by atoms with Crippen LogP contribution in [0.2, 0.25) is 0 Å². The maximum Gasteiger partial charge on any atom is 0.000449 e. The van der Waals surface area contributed by atoms with E-state index in [0.717, 1.165) is 18.4 Å². The van der Waals surface area contributed by atoms with E-state index >= 15 is 0 Å². The number of rotatable bonds is 12. The second kappa shape index (κ2) is 12.0. The van der Waals surface area contributed by atoms with Gasteiger partial charge in [-0.25, -0.2) is 0 Å². The average Bonchev–Trinajstić information content (AvgIpc) is 2.26. The van der Waals surface area contributed by atoms with Gasteiger partial charge in [0.05, 0.1) is 0 Å². The van der Waals surface area contributed by atoms with Crippen molar-refractivity contribution in [3.8, 4) is 0 Å². The zero-order valence-corrected chi connectivity index (χ0v) is 13.5. The molecule has 0 aliphatic heterocycles. The van der Waals surface area contributed by atoms with Gasteiger partial charge in [-0.15, -0.1) is 0 Å². The van der Waals surface area contributed by atoms with E-state index < -0.39 is 0 Å². The standard InChI is InChI=1S/C16H36N2/c1-6-17-11-9-7-8-10-12-18(13-15(2)3)14-16(4)5/h15-17H,6-14H2,1-5H3. The maximum absolute atomic E-state index is 3.39. The molecule has 0 heterocycles. The van der Waals surface area contributed by atoms with Crippen molar-refractivity contribution < 1.29 is 0 Å². The normalized spacial score (nSPS) is 12.0. The minimum atomic E-state index is 0.789. The molecule has 0 aromatic heterocycles. The molecule has 0 aromatic rings. The molecule has 0 radical (unpaired) electrons. The summed E-state index contributed by atoms with van der Waals surface area (Å²) in [4.78, 5) is 2.65. The van der Waals surface area contributed by atoms with Gasteiger partial charge in [0.2, 0.25) is 0 Å². The van der Waals surface area contributed by atoms with E-state index in [0.29, 0.717) is 0 Å². The largest absolute Gasteiger partial charge is 0.317 e. The summed E-state index contributed by atoms with van der Waals surface area (Å²) in [5.41, 5.74) is 0. The highest BCUT2D eigenvalue weighted by Crippen LogP contribution is 2.07. The second-order valence-corrected chi connectivity index (χ2v) is 6.32. The van der Waals surface area contributed by atoms with Crippen LogP contribution in [0.3, 0.4) is 0 Å². The molecular formula is C16H36N2. The lowest BCUT2D eigenvalue weighted by atomic mass is 10.1. The number of nitrogens with zero attached hydrogens (tertiary/aromatic N) is 1. The molecule has 2 heteroatoms. The number of hydrogen-bond donors (Lipinski definition) is 1. The van der Waals surface area contributed by atoms with Gasteiger partial charge in [0.1, 0.15) is 0 Å². The van der Waals surface area contributed by atoms with Gasteiger partial charge >= 0.3 is 0 Å². The van der Waals surface area contributed by atoms with Crippen LogP contribution in [0.5, 0.6) is 0 Å². The van der Waals surface area contributed by atoms with E-state index in [2.05, 4.69) is 44.8 Å². The summed E-state index contributed by atoms with van der Waals surface area (Å²) in [6.45, 7) is 17.6. The topological polar surface area (TPSA) is 15.3 Å². The number of unbranched alkanes of at least 4 members (excludes halogenated alkanes) is 3. The van der Waals surface area contributed by atoms with Crippen LogP contribution in [0.25, 0.3) is 0 Å². The minimum absolute atomic E-state index is 0.789. The Balaban J connectivity index is 3.56. The molecule has 0 spiro atoms. The third-order valence-electron chi connectivity index (χ3n) is 3.07. The minimum Gasteiger partial charge on any atom is -0.317 e. The molecule has 0 aliphatic rings. The highest BCUT2D eigenvalue weighted by Gasteiger charge is 2.08. The van der Waals surface area contributed by atoms with E-state index in [4.69, 9.17) is 0 Å². The first kappa shape index (κ1) is 17.9. The smallest absolute Gasteiger partial charge is 0.000449 e. The second-order valence-electron chi connectivity index (χ2n) is 6.32. The quantitative estimate of drug-likeness (QED) is 0.535. The first-order valence-electron chi connectivity index (χ1n) is 7.99. The van der Waals surface area contributed by atoms with Crippen molar-refractivity contribution in [3.05, 3.63) is 0 Å². The molecule has 0 atom stereocenters. The lowest BCUT2D eigenvalue weighted by Crippen LogP contribution is -2.32. The Labute approximate surface area is 116 Å². The number of nitrogens with one attached hydrogen (secondary N) is 1. The molecule has 0 rings (SSSR count). The van der Waals surface area contributed by atoms with Crippen molar-refractivity contribution in [3.63, 3.8) is 0 Å². The fraction of sp³-hybridized carbons (Fsp3) is 1.00. The first-order chi connectivity index (χ1) is 8.56. The van der Waals surface area contributed by atoms with Gasteiger partial charge < -0.3 is 10.2 Å². The molecule has 110 valence electrons. The fourth-order valence-corrected chi connectivity index (χ4v) is 2.41. The summed E-state index contributed by atoms with van der Waals surface area (Å²) in [5.74, 6) is 1.58. The summed E-state index contributed by atoms with van der Waals surface area (Å²) >= 11 is 0. The Morgan fingerprint density at radius 1 is 0.833 bits per heavy atom. The van der Waals surface area contributed by atoms with E-state index in [1.807, 2.05) is 0 Å². The van der Waals surface area contributed by atoms with Crippen molar-refractivity contribution >= 4 is 0 Å². The lowest BCUT2D eigenvalue weighted by molar-refractivity contribution is 0.215. The van der Waals surface area contributed by atoms with Gasteiger partial charge in [0.25, 0.3) is 0 Å². The maximum atomic E-state index is 3.39. The molecule has 0 saturated carbocycles. The van der Waals surface area contributed by atoms with E-state index in [1.54, 1.807) is 0 Å². The molecule has 1 N–H and O–H groups in total. The van der Waals surface area contributed by atoms with Crippen molar-refractivity contribution in [2.24, 2.45) is 11.8 Å². The van der Waals surface area contributed by atoms with E-state index in [1.165, 1.54) is 51.9 Å². The predicted molar refractivity (Wildman–Crippen MR) is 83.1 cm³/mol. The van der Waals surface area contributed by atoms with Crippen molar-refractivity contribution in [2.75, 3.05) is 32.7 Å². The molecule has 18 heavy (non-hydrogen) atoms. The summed E-state index contributed by atoms with van der Waals surface area (Å²) in [6.07, 6.45) is 5.47. The summed E-state index contributed by atoms with van der Waals surface area (Å²) < 4.78 is 0. The molecule has 0 bridgehead atoms. The van der Waals surface area contributed by atoms with E-state index in [9.17, 15) is 0 Å². The van der Waals surface area contributed by atoms with Crippen LogP contribution in [0.4, 0.5) is 0 Å². The van der Waals surface area contributed by atoms with Crippen molar-refractivity contribution in [2.45, 2.75) is 60.3 Å². The fourth-order valence-electron chi connectivity index (χ4n) is 2.41. The highest BCUT2D eigenvalue weighted by molar-refractivity contribution is 4.63. The Morgan fingerprint density at radius 2 is 1.39 bits per heavy atom. The summed E-state index contributed by atoms with van der Waals surface area (Å²) in [7, 11) is 0. The highest BCUT2D eigenvalue weighted by atomic mass is 15.1. The Bertz CT molecular complexity index is 156. The van der Waals surface area contributed by atoms with Crippen molar-refractivity contribution in [1.82, 2.24) is 10.2 Å². The molecule has 0 unspecified atom stereocenters. The van der Waals surface area contributed by atoms with Crippen molar-refractivity contribution in [1.29, 1.82) is 0 Å². The SMILES string of the molecule is CCNCCCCCCN(CC(C)C)CC(C)C. The molecule has 0 saturated heterocycles. The molecule has 0 fully saturated rings. The Morgan fingerprint density at radius 3 is 1.89 bits per heavy atom. The molecule has 0 amide bonds. The van der Waals surface area contributed by atoms with Gasteiger partial charge in [-0.3, -0.25) is 0 Å². The van der Waals surface area contributed by atoms with Crippen LogP contribution in [0, 0.1) is 11.8 Å². The zero-order valence-electron chi connectivity index (χ0n) is 13.5. The third-order valence-corrected chi connectivity index (χ3v) is 3.07. The lowest BCUT2D eigenvalue weighted by Gasteiger charge is -2.26. The van der Waals surface area contributed by atoms with Gasteiger partial charge in [0, 0.05) is 13.1 Å². The first-order valence-corrected chi connectivity index (χ1v) is 7.99. The van der Waals surface area contributed by atoms with Gasteiger partial charge in [0.15, 0.2) is 0 Å². The van der Waals surface area contributed by atoms with Crippen LogP contribution in [-0.4, -0.2) is 37.6 Å². The molecule has 0 aliphatic carbocycles. The van der Waals surface area contributed by atoms with Crippen LogP contribution in [-0.2, 0) is 0 Å². The van der Waals surface area contributed by atoms with Crippen LogP contribution in [0.1, 0.15) is 60.3 Å². The summed E-state index contributed by atoms with van der Waals surface area (Å²) in [6, 6.07) is 0. The van der Waals surface area contributed by atoms with Gasteiger partial charge in [-0.2, -0.15) is 0 Å². The molecule has 2 nitrogen and oxygen atoms in total. The van der Waals surface area contributed by atoms with E-state index in [-0.39, 0.29) is 0 Å². The number of hydrogen-bond acceptors (Lipinski definition) is 2. The van der Waals surface area contributed by atoms with Crippen LogP contribution < -0.4 is 5.32 Å². The van der Waals surface area contributed by atoms with Crippen LogP contribution >= 0.6 is 0 Å². The van der Waals surface area contributed by atoms with Gasteiger partial charge in [-0.1, -0.05) is 47.5 Å². The predicted octanol–water partition coefficient (Wildman–Crippen LogP) is 3.77. The average molecular weight is 256 g/mol. The van der Waals surface area contributed by atoms with Gasteiger partial charge in [-0.05, 0) is 44.3 Å². The molecular weight excluding hydrogens is 220 g/mol. The van der Waals surface area contributed by atoms with Crippen LogP contribution in [0.15, 0.2) is 0 Å². The third kappa shape index (κ3) is 12.4. The zero-order chi connectivity index (χ0) is 13.8. The molecule has 0 aromatic carbocycles. The summed E-state index contributed by atoms with van der Waals surface area (Å²) in [5, 5.41) is 3.39. The Kier molecular flexibility index (Phi) is 11.9.